The van der Waals surface area contributed by atoms with E-state index in [0.717, 1.165) is 12.1 Å². The lowest BCUT2D eigenvalue weighted by molar-refractivity contribution is 0.301. The Labute approximate surface area is 80.2 Å². The molecule has 0 N–H and O–H groups in total. The van der Waals surface area contributed by atoms with Gasteiger partial charge in [-0.25, -0.2) is 0 Å². The molecule has 0 heterocycles. The average molecular weight is 182 g/mol. The maximum Gasteiger partial charge on any atom is 0.141 e. The number of rotatable bonds is 5. The Balaban J connectivity index is 4.41. The number of hydrogen-bond donors (Lipinski definition) is 0. The van der Waals surface area contributed by atoms with Crippen LogP contribution in [0.15, 0.2) is 34.3 Å². The van der Waals surface area contributed by atoms with Crippen molar-refractivity contribution in [2.75, 3.05) is 7.11 Å². The van der Waals surface area contributed by atoms with Gasteiger partial charge in [0, 0.05) is 0 Å². The van der Waals surface area contributed by atoms with Crippen LogP contribution in [0.5, 0.6) is 0 Å². The highest BCUT2D eigenvalue weighted by Gasteiger charge is 1.97. The van der Waals surface area contributed by atoms with Crippen molar-refractivity contribution >= 4 is 0 Å². The predicted octanol–water partition coefficient (Wildman–Crippen LogP) is 3.30. The number of hydrogen-bond acceptors (Lipinski definition) is 3. The van der Waals surface area contributed by atoms with Crippen LogP contribution in [0.1, 0.15) is 27.2 Å². The van der Waals surface area contributed by atoms with Crippen LogP contribution in [0.4, 0.5) is 0 Å². The number of allylic oxidation sites excluding steroid dienone is 2. The first-order chi connectivity index (χ1) is 6.15. The van der Waals surface area contributed by atoms with E-state index in [1.54, 1.807) is 13.2 Å². The highest BCUT2D eigenvalue weighted by molar-refractivity contribution is 5.14. The lowest BCUT2D eigenvalue weighted by Gasteiger charge is -2.02. The van der Waals surface area contributed by atoms with E-state index in [1.165, 1.54) is 0 Å². The van der Waals surface area contributed by atoms with Crippen LogP contribution in [0.2, 0.25) is 0 Å². The van der Waals surface area contributed by atoms with Crippen molar-refractivity contribution < 1.29 is 4.74 Å². The van der Waals surface area contributed by atoms with Gasteiger partial charge in [0.05, 0.1) is 13.2 Å². The Morgan fingerprint density at radius 3 is 2.62 bits per heavy atom. The molecule has 0 aromatic heterocycles. The molecule has 0 aliphatic rings. The van der Waals surface area contributed by atoms with Gasteiger partial charge in [-0.3, -0.25) is 0 Å². The maximum atomic E-state index is 5.04. The molecule has 0 rings (SSSR count). The van der Waals surface area contributed by atoms with Crippen LogP contribution in [-0.2, 0) is 4.74 Å². The van der Waals surface area contributed by atoms with Crippen molar-refractivity contribution in [2.45, 2.75) is 33.2 Å². The quantitative estimate of drug-likeness (QED) is 0.365. The third-order valence-electron chi connectivity index (χ3n) is 1.76. The minimum Gasteiger partial charge on any atom is -0.495 e. The van der Waals surface area contributed by atoms with Crippen LogP contribution < -0.4 is 0 Å². The monoisotopic (exact) mass is 182 g/mol. The van der Waals surface area contributed by atoms with E-state index < -0.39 is 0 Å². The fraction of sp³-hybridized carbons (Fsp3) is 0.600. The molecule has 0 aromatic carbocycles. The van der Waals surface area contributed by atoms with Crippen molar-refractivity contribution in [3.8, 4) is 0 Å². The van der Waals surface area contributed by atoms with Crippen LogP contribution in [-0.4, -0.2) is 13.2 Å². The Hall–Kier alpha value is -1.12. The van der Waals surface area contributed by atoms with Gasteiger partial charge in [0.25, 0.3) is 0 Å². The van der Waals surface area contributed by atoms with Crippen LogP contribution in [0.25, 0.3) is 0 Å². The summed E-state index contributed by atoms with van der Waals surface area (Å²) in [7, 11) is 1.60. The average Bonchev–Trinajstić information content (AvgIpc) is 2.16. The molecule has 0 amide bonds. The van der Waals surface area contributed by atoms with Crippen molar-refractivity contribution in [3.63, 3.8) is 0 Å². The summed E-state index contributed by atoms with van der Waals surface area (Å²) in [6.45, 7) is 9.57. The van der Waals surface area contributed by atoms with Gasteiger partial charge < -0.3 is 4.74 Å². The molecule has 0 saturated heterocycles. The van der Waals surface area contributed by atoms with Gasteiger partial charge in [0.15, 0.2) is 0 Å². The van der Waals surface area contributed by atoms with E-state index in [-0.39, 0.29) is 6.04 Å². The molecule has 0 aliphatic heterocycles. The molecule has 13 heavy (non-hydrogen) atoms. The lowest BCUT2D eigenvalue weighted by atomic mass is 10.3. The van der Waals surface area contributed by atoms with Gasteiger partial charge in [-0.15, -0.1) is 0 Å². The van der Waals surface area contributed by atoms with Gasteiger partial charge in [0.2, 0.25) is 0 Å². The third-order valence-corrected chi connectivity index (χ3v) is 1.76. The largest absolute Gasteiger partial charge is 0.495 e. The zero-order chi connectivity index (χ0) is 10.3. The van der Waals surface area contributed by atoms with Crippen LogP contribution >= 0.6 is 0 Å². The number of azo groups is 1. The summed E-state index contributed by atoms with van der Waals surface area (Å²) in [6.07, 6.45) is 2.62. The fourth-order valence-corrected chi connectivity index (χ4v) is 0.695. The van der Waals surface area contributed by atoms with E-state index in [2.05, 4.69) is 23.7 Å². The van der Waals surface area contributed by atoms with E-state index in [9.17, 15) is 0 Å². The summed E-state index contributed by atoms with van der Waals surface area (Å²) in [5.74, 6) is 0.673. The minimum absolute atomic E-state index is 0.262. The van der Waals surface area contributed by atoms with Crippen LogP contribution in [0.3, 0.4) is 0 Å². The molecule has 74 valence electrons. The van der Waals surface area contributed by atoms with Crippen molar-refractivity contribution in [1.29, 1.82) is 0 Å². The second kappa shape index (κ2) is 6.40. The van der Waals surface area contributed by atoms with Crippen molar-refractivity contribution in [2.24, 2.45) is 10.2 Å². The molecule has 0 saturated carbocycles. The Morgan fingerprint density at radius 2 is 2.23 bits per heavy atom. The van der Waals surface area contributed by atoms with Gasteiger partial charge >= 0.3 is 0 Å². The number of nitrogens with zero attached hydrogens (tertiary/aromatic N) is 2. The lowest BCUT2D eigenvalue weighted by Crippen LogP contribution is -1.93. The van der Waals surface area contributed by atoms with Gasteiger partial charge in [-0.05, 0) is 26.3 Å². The smallest absolute Gasteiger partial charge is 0.141 e. The molecular weight excluding hydrogens is 164 g/mol. The SMILES string of the molecule is C=C/C(OC)=C(C)/N=N\C(C)CC. The van der Waals surface area contributed by atoms with E-state index in [1.807, 2.05) is 13.8 Å². The Morgan fingerprint density at radius 1 is 1.62 bits per heavy atom. The van der Waals surface area contributed by atoms with Gasteiger partial charge in [-0.2, -0.15) is 10.2 Å². The second-order valence-electron chi connectivity index (χ2n) is 2.83. The first kappa shape index (κ1) is 11.9. The summed E-state index contributed by atoms with van der Waals surface area (Å²) in [4.78, 5) is 0. The zero-order valence-corrected chi connectivity index (χ0v) is 8.87. The van der Waals surface area contributed by atoms with E-state index >= 15 is 0 Å². The standard InChI is InChI=1S/C10H18N2O/c1-6-8(3)11-12-9(4)10(7-2)13-5/h7-8H,2,6H2,1,3-5H3/b10-9-,12-11-. The van der Waals surface area contributed by atoms with Gasteiger partial charge in [-0.1, -0.05) is 13.5 Å². The Bertz CT molecular complexity index is 219. The molecule has 0 radical (unpaired) electrons. The molecule has 3 nitrogen and oxygen atoms in total. The normalized spacial score (nSPS) is 15.4. The number of methoxy groups -OCH3 is 1. The number of ether oxygens (including phenoxy) is 1. The summed E-state index contributed by atoms with van der Waals surface area (Å²) in [5, 5.41) is 8.14. The van der Waals surface area contributed by atoms with Crippen LogP contribution in [0, 0.1) is 0 Å². The van der Waals surface area contributed by atoms with Gasteiger partial charge in [0.1, 0.15) is 11.5 Å². The van der Waals surface area contributed by atoms with E-state index in [4.69, 9.17) is 4.74 Å². The molecule has 0 aromatic rings. The zero-order valence-electron chi connectivity index (χ0n) is 8.87. The molecule has 1 atom stereocenters. The first-order valence-corrected chi connectivity index (χ1v) is 4.43. The molecule has 0 aliphatic carbocycles. The molecule has 0 spiro atoms. The third kappa shape index (κ3) is 4.45. The van der Waals surface area contributed by atoms with Crippen molar-refractivity contribution in [1.82, 2.24) is 0 Å². The second-order valence-corrected chi connectivity index (χ2v) is 2.83. The summed E-state index contributed by atoms with van der Waals surface area (Å²) < 4.78 is 5.04. The molecule has 1 unspecified atom stereocenters. The minimum atomic E-state index is 0.262. The summed E-state index contributed by atoms with van der Waals surface area (Å²) in [6, 6.07) is 0.262. The maximum absolute atomic E-state index is 5.04. The van der Waals surface area contributed by atoms with Crippen molar-refractivity contribution in [3.05, 3.63) is 24.1 Å². The Kier molecular flexibility index (Phi) is 5.85. The highest BCUT2D eigenvalue weighted by atomic mass is 16.5. The fourth-order valence-electron chi connectivity index (χ4n) is 0.695. The molecule has 0 bridgehead atoms. The predicted molar refractivity (Wildman–Crippen MR) is 54.5 cm³/mol. The first-order valence-electron chi connectivity index (χ1n) is 4.43. The topological polar surface area (TPSA) is 34.0 Å². The summed E-state index contributed by atoms with van der Waals surface area (Å²) >= 11 is 0. The highest BCUT2D eigenvalue weighted by Crippen LogP contribution is 2.09. The summed E-state index contributed by atoms with van der Waals surface area (Å²) in [5.41, 5.74) is 0.762. The van der Waals surface area contributed by atoms with E-state index in [0.29, 0.717) is 5.76 Å². The molecular formula is C10H18N2O. The molecule has 0 fully saturated rings. The molecule has 3 heteroatoms.